The highest BCUT2D eigenvalue weighted by molar-refractivity contribution is 8.00. The van der Waals surface area contributed by atoms with Gasteiger partial charge in [0.1, 0.15) is 18.1 Å². The third-order valence-electron chi connectivity index (χ3n) is 6.16. The molecule has 2 aliphatic rings. The second kappa shape index (κ2) is 9.35. The van der Waals surface area contributed by atoms with Crippen molar-refractivity contribution in [1.29, 1.82) is 0 Å². The number of nitrogens with one attached hydrogen (secondary N) is 1. The molecule has 2 aromatic heterocycles. The van der Waals surface area contributed by atoms with Gasteiger partial charge in [-0.3, -0.25) is 14.5 Å². The first-order chi connectivity index (χ1) is 16.8. The SMILES string of the molecule is COc1ccc(-n2nc(C(C)(C)C)c3c2N(CC(=O)NC2CC2)C(=O)CS[C@@H]3c2cccs2)cc1. The van der Waals surface area contributed by atoms with Gasteiger partial charge in [-0.05, 0) is 48.6 Å². The fourth-order valence-electron chi connectivity index (χ4n) is 4.29. The number of anilines is 1. The molecule has 1 aliphatic carbocycles. The van der Waals surface area contributed by atoms with Crippen molar-refractivity contribution >= 4 is 40.7 Å². The Kier molecular flexibility index (Phi) is 6.40. The molecule has 184 valence electrons. The largest absolute Gasteiger partial charge is 0.497 e. The number of hydrogen-bond donors (Lipinski definition) is 1. The Hall–Kier alpha value is -2.78. The average Bonchev–Trinajstić information content (AvgIpc) is 3.34. The van der Waals surface area contributed by atoms with Gasteiger partial charge in [0.25, 0.3) is 0 Å². The van der Waals surface area contributed by atoms with Crippen LogP contribution in [0, 0.1) is 0 Å². The summed E-state index contributed by atoms with van der Waals surface area (Å²) in [4.78, 5) is 29.3. The van der Waals surface area contributed by atoms with E-state index in [1.54, 1.807) is 35.1 Å². The summed E-state index contributed by atoms with van der Waals surface area (Å²) in [5.74, 6) is 1.49. The standard InChI is InChI=1S/C26H30N4O3S2/c1-26(2,3)24-22-23(19-6-5-13-34-19)35-15-21(32)29(14-20(31)27-16-7-8-16)25(22)30(28-24)17-9-11-18(33-4)12-10-17/h5-6,9-13,16,23H,7-8,14-15H2,1-4H3,(H,27,31)/t23-/m1/s1. The van der Waals surface area contributed by atoms with Gasteiger partial charge in [0.05, 0.1) is 29.5 Å². The highest BCUT2D eigenvalue weighted by atomic mass is 32.2. The number of benzene rings is 1. The summed E-state index contributed by atoms with van der Waals surface area (Å²) < 4.78 is 7.19. The number of hydrogen-bond acceptors (Lipinski definition) is 6. The molecule has 7 nitrogen and oxygen atoms in total. The lowest BCUT2D eigenvalue weighted by molar-refractivity contribution is -0.123. The van der Waals surface area contributed by atoms with Crippen molar-refractivity contribution < 1.29 is 14.3 Å². The molecule has 0 radical (unpaired) electrons. The number of methoxy groups -OCH3 is 1. The molecule has 3 heterocycles. The van der Waals surface area contributed by atoms with Gasteiger partial charge in [-0.2, -0.15) is 5.10 Å². The molecule has 5 rings (SSSR count). The van der Waals surface area contributed by atoms with Crippen molar-refractivity contribution in [3.8, 4) is 11.4 Å². The van der Waals surface area contributed by atoms with E-state index in [-0.39, 0.29) is 35.1 Å². The molecule has 1 fully saturated rings. The maximum Gasteiger partial charge on any atom is 0.240 e. The van der Waals surface area contributed by atoms with E-state index >= 15 is 0 Å². The fraction of sp³-hybridized carbons (Fsp3) is 0.423. The third kappa shape index (κ3) is 4.84. The van der Waals surface area contributed by atoms with Gasteiger partial charge in [0.15, 0.2) is 0 Å². The lowest BCUT2D eigenvalue weighted by Crippen LogP contribution is -2.43. The molecule has 0 saturated heterocycles. The molecular weight excluding hydrogens is 480 g/mol. The first-order valence-electron chi connectivity index (χ1n) is 11.8. The van der Waals surface area contributed by atoms with Gasteiger partial charge < -0.3 is 10.1 Å². The number of fused-ring (bicyclic) bond motifs is 1. The summed E-state index contributed by atoms with van der Waals surface area (Å²) in [6.45, 7) is 6.40. The minimum Gasteiger partial charge on any atom is -0.497 e. The molecule has 1 aromatic carbocycles. The van der Waals surface area contributed by atoms with Gasteiger partial charge in [0.2, 0.25) is 11.8 Å². The molecule has 0 spiro atoms. The third-order valence-corrected chi connectivity index (χ3v) is 8.49. The first kappa shape index (κ1) is 23.9. The Bertz CT molecular complexity index is 1220. The lowest BCUT2D eigenvalue weighted by Gasteiger charge is -2.24. The monoisotopic (exact) mass is 510 g/mol. The van der Waals surface area contributed by atoms with Gasteiger partial charge in [-0.25, -0.2) is 4.68 Å². The zero-order valence-electron chi connectivity index (χ0n) is 20.4. The van der Waals surface area contributed by atoms with E-state index in [1.807, 2.05) is 35.0 Å². The topological polar surface area (TPSA) is 76.5 Å². The Balaban J connectivity index is 1.72. The van der Waals surface area contributed by atoms with Gasteiger partial charge in [0, 0.05) is 21.9 Å². The number of thioether (sulfide) groups is 1. The van der Waals surface area contributed by atoms with Crippen molar-refractivity contribution in [3.05, 3.63) is 57.9 Å². The second-order valence-electron chi connectivity index (χ2n) is 9.97. The predicted octanol–water partition coefficient (Wildman–Crippen LogP) is 4.69. The van der Waals surface area contributed by atoms with Crippen LogP contribution in [0.2, 0.25) is 0 Å². The van der Waals surface area contributed by atoms with E-state index in [0.29, 0.717) is 11.6 Å². The summed E-state index contributed by atoms with van der Waals surface area (Å²) in [7, 11) is 1.63. The smallest absolute Gasteiger partial charge is 0.240 e. The minimum atomic E-state index is -0.271. The number of aromatic nitrogens is 2. The van der Waals surface area contributed by atoms with E-state index in [9.17, 15) is 9.59 Å². The second-order valence-corrected chi connectivity index (χ2v) is 12.0. The Morgan fingerprint density at radius 3 is 2.54 bits per heavy atom. The number of ether oxygens (including phenoxy) is 1. The van der Waals surface area contributed by atoms with Crippen LogP contribution in [-0.4, -0.2) is 47.0 Å². The van der Waals surface area contributed by atoms with Crippen LogP contribution in [0.25, 0.3) is 5.69 Å². The molecular formula is C26H30N4O3S2. The minimum absolute atomic E-state index is 0.0223. The number of carbonyl (C=O) groups excluding carboxylic acids is 2. The van der Waals surface area contributed by atoms with Gasteiger partial charge in [-0.15, -0.1) is 23.1 Å². The van der Waals surface area contributed by atoms with E-state index < -0.39 is 0 Å². The summed E-state index contributed by atoms with van der Waals surface area (Å²) in [5.41, 5.74) is 2.48. The summed E-state index contributed by atoms with van der Waals surface area (Å²) >= 11 is 3.29. The number of thiophene rings is 1. The van der Waals surface area contributed by atoms with Gasteiger partial charge >= 0.3 is 0 Å². The molecule has 1 N–H and O–H groups in total. The Labute approximate surface area is 213 Å². The number of nitrogens with zero attached hydrogens (tertiary/aromatic N) is 3. The van der Waals surface area contributed by atoms with E-state index in [1.165, 1.54) is 4.88 Å². The van der Waals surface area contributed by atoms with Crippen molar-refractivity contribution in [3.63, 3.8) is 0 Å². The van der Waals surface area contributed by atoms with E-state index in [2.05, 4.69) is 37.5 Å². The highest BCUT2D eigenvalue weighted by Crippen LogP contribution is 2.49. The van der Waals surface area contributed by atoms with Crippen molar-refractivity contribution in [1.82, 2.24) is 15.1 Å². The zero-order chi connectivity index (χ0) is 24.7. The number of carbonyl (C=O) groups is 2. The molecule has 0 bridgehead atoms. The van der Waals surface area contributed by atoms with Crippen LogP contribution in [0.4, 0.5) is 5.82 Å². The Morgan fingerprint density at radius 1 is 1.20 bits per heavy atom. The van der Waals surface area contributed by atoms with Crippen LogP contribution >= 0.6 is 23.1 Å². The van der Waals surface area contributed by atoms with Crippen LogP contribution in [-0.2, 0) is 15.0 Å². The summed E-state index contributed by atoms with van der Waals surface area (Å²) in [6, 6.07) is 12.0. The number of amides is 2. The van der Waals surface area contributed by atoms with Crippen LogP contribution < -0.4 is 15.0 Å². The van der Waals surface area contributed by atoms with Crippen molar-refractivity contribution in [2.75, 3.05) is 24.3 Å². The summed E-state index contributed by atoms with van der Waals surface area (Å²) in [5, 5.41) is 10.2. The zero-order valence-corrected chi connectivity index (χ0v) is 22.0. The van der Waals surface area contributed by atoms with E-state index in [0.717, 1.165) is 35.5 Å². The number of rotatable bonds is 6. The predicted molar refractivity (Wildman–Crippen MR) is 141 cm³/mol. The lowest BCUT2D eigenvalue weighted by atomic mass is 9.88. The van der Waals surface area contributed by atoms with Crippen LogP contribution in [0.1, 0.15) is 55.0 Å². The normalized spacial score (nSPS) is 18.2. The van der Waals surface area contributed by atoms with Crippen LogP contribution in [0.5, 0.6) is 5.75 Å². The Morgan fingerprint density at radius 2 is 1.94 bits per heavy atom. The van der Waals surface area contributed by atoms with Gasteiger partial charge in [-0.1, -0.05) is 26.8 Å². The summed E-state index contributed by atoms with van der Waals surface area (Å²) in [6.07, 6.45) is 2.00. The molecule has 9 heteroatoms. The average molecular weight is 511 g/mol. The van der Waals surface area contributed by atoms with E-state index in [4.69, 9.17) is 9.84 Å². The maximum atomic E-state index is 13.5. The maximum absolute atomic E-state index is 13.5. The quantitative estimate of drug-likeness (QED) is 0.521. The van der Waals surface area contributed by atoms with Crippen LogP contribution in [0.15, 0.2) is 41.8 Å². The molecule has 35 heavy (non-hydrogen) atoms. The van der Waals surface area contributed by atoms with Crippen molar-refractivity contribution in [2.24, 2.45) is 0 Å². The first-order valence-corrected chi connectivity index (χ1v) is 13.7. The molecule has 1 atom stereocenters. The van der Waals surface area contributed by atoms with Crippen LogP contribution in [0.3, 0.4) is 0 Å². The highest BCUT2D eigenvalue weighted by Gasteiger charge is 2.40. The van der Waals surface area contributed by atoms with Crippen molar-refractivity contribution in [2.45, 2.75) is 50.3 Å². The molecule has 1 aliphatic heterocycles. The molecule has 2 amide bonds. The fourth-order valence-corrected chi connectivity index (χ4v) is 6.46. The molecule has 3 aromatic rings. The molecule has 0 unspecified atom stereocenters. The molecule has 1 saturated carbocycles.